The van der Waals surface area contributed by atoms with Gasteiger partial charge in [-0.2, -0.15) is 8.78 Å². The molecule has 0 unspecified atom stereocenters. The number of alkyl halides is 2. The van der Waals surface area contributed by atoms with Crippen molar-refractivity contribution in [2.45, 2.75) is 18.9 Å². The molecule has 0 spiro atoms. The monoisotopic (exact) mass is 229 g/mol. The first kappa shape index (κ1) is 12.6. The molecule has 0 heterocycles. The summed E-state index contributed by atoms with van der Waals surface area (Å²) in [6, 6.07) is 8.37. The van der Waals surface area contributed by atoms with Gasteiger partial charge in [-0.25, -0.2) is 0 Å². The Hall–Kier alpha value is -1.49. The van der Waals surface area contributed by atoms with Crippen molar-refractivity contribution >= 4 is 5.91 Å². The number of carbonyl (C=O) groups is 1. The van der Waals surface area contributed by atoms with Crippen molar-refractivity contribution in [3.63, 3.8) is 0 Å². The standard InChI is InChI=1S/C11H13F2NO2/c12-10(13)11(16)14-9(7-15)6-8-4-2-1-3-5-8/h1-5,9-10,15H,6-7H2,(H,14,16)/t9-/m1/s1. The molecule has 1 rings (SSSR count). The smallest absolute Gasteiger partial charge is 0.315 e. The number of aliphatic hydroxyl groups is 1. The van der Waals surface area contributed by atoms with Gasteiger partial charge in [0.1, 0.15) is 0 Å². The highest BCUT2D eigenvalue weighted by Crippen LogP contribution is 2.03. The van der Waals surface area contributed by atoms with E-state index in [0.717, 1.165) is 5.56 Å². The number of amides is 1. The lowest BCUT2D eigenvalue weighted by Crippen LogP contribution is -2.42. The van der Waals surface area contributed by atoms with Gasteiger partial charge in [0.15, 0.2) is 0 Å². The van der Waals surface area contributed by atoms with Gasteiger partial charge in [-0.1, -0.05) is 30.3 Å². The minimum Gasteiger partial charge on any atom is -0.394 e. The van der Waals surface area contributed by atoms with Crippen molar-refractivity contribution in [1.29, 1.82) is 0 Å². The van der Waals surface area contributed by atoms with Crippen LogP contribution in [0.15, 0.2) is 30.3 Å². The molecule has 1 aromatic rings. The maximum absolute atomic E-state index is 12.0. The molecule has 5 heteroatoms. The number of hydrogen-bond donors (Lipinski definition) is 2. The SMILES string of the molecule is O=C(N[C@@H](CO)Cc1ccccc1)C(F)F. The molecule has 0 fully saturated rings. The highest BCUT2D eigenvalue weighted by molar-refractivity contribution is 5.79. The average molecular weight is 229 g/mol. The van der Waals surface area contributed by atoms with Crippen LogP contribution < -0.4 is 5.32 Å². The van der Waals surface area contributed by atoms with Crippen LogP contribution in [0.5, 0.6) is 0 Å². The van der Waals surface area contributed by atoms with E-state index in [-0.39, 0.29) is 6.61 Å². The van der Waals surface area contributed by atoms with E-state index >= 15 is 0 Å². The molecule has 0 radical (unpaired) electrons. The van der Waals surface area contributed by atoms with Crippen LogP contribution in [0.2, 0.25) is 0 Å². The van der Waals surface area contributed by atoms with Crippen LogP contribution in [0.4, 0.5) is 8.78 Å². The first-order valence-corrected chi connectivity index (χ1v) is 4.86. The number of carbonyl (C=O) groups excluding carboxylic acids is 1. The third-order valence-electron chi connectivity index (χ3n) is 2.09. The Kier molecular flexibility index (Phi) is 4.85. The van der Waals surface area contributed by atoms with E-state index in [1.807, 2.05) is 6.07 Å². The zero-order chi connectivity index (χ0) is 12.0. The molecule has 0 saturated heterocycles. The van der Waals surface area contributed by atoms with Gasteiger partial charge in [-0.05, 0) is 12.0 Å². The summed E-state index contributed by atoms with van der Waals surface area (Å²) in [5.74, 6) is -1.35. The van der Waals surface area contributed by atoms with Gasteiger partial charge in [0.25, 0.3) is 5.91 Å². The van der Waals surface area contributed by atoms with Gasteiger partial charge in [0.05, 0.1) is 12.6 Å². The second kappa shape index (κ2) is 6.17. The predicted octanol–water partition coefficient (Wildman–Crippen LogP) is 0.971. The maximum atomic E-state index is 12.0. The van der Waals surface area contributed by atoms with Gasteiger partial charge in [-0.3, -0.25) is 4.79 Å². The Balaban J connectivity index is 2.53. The molecule has 16 heavy (non-hydrogen) atoms. The van der Waals surface area contributed by atoms with E-state index in [0.29, 0.717) is 6.42 Å². The predicted molar refractivity (Wildman–Crippen MR) is 55.2 cm³/mol. The molecule has 1 aromatic carbocycles. The molecule has 3 nitrogen and oxygen atoms in total. The molecule has 1 atom stereocenters. The van der Waals surface area contributed by atoms with E-state index in [1.54, 1.807) is 24.3 Å². The maximum Gasteiger partial charge on any atom is 0.315 e. The van der Waals surface area contributed by atoms with E-state index in [1.165, 1.54) is 0 Å². The lowest BCUT2D eigenvalue weighted by Gasteiger charge is -2.15. The zero-order valence-electron chi connectivity index (χ0n) is 8.57. The Morgan fingerprint density at radius 1 is 1.31 bits per heavy atom. The summed E-state index contributed by atoms with van der Waals surface area (Å²) in [6.45, 7) is -0.368. The van der Waals surface area contributed by atoms with Crippen LogP contribution in [-0.2, 0) is 11.2 Å². The number of nitrogens with one attached hydrogen (secondary N) is 1. The van der Waals surface area contributed by atoms with E-state index < -0.39 is 18.4 Å². The van der Waals surface area contributed by atoms with Crippen molar-refractivity contribution in [2.24, 2.45) is 0 Å². The van der Waals surface area contributed by atoms with Crippen molar-refractivity contribution in [1.82, 2.24) is 5.32 Å². The van der Waals surface area contributed by atoms with Crippen molar-refractivity contribution < 1.29 is 18.7 Å². The minimum absolute atomic E-state index is 0.329. The second-order valence-electron chi connectivity index (χ2n) is 3.38. The Morgan fingerprint density at radius 3 is 2.44 bits per heavy atom. The zero-order valence-corrected chi connectivity index (χ0v) is 8.57. The molecule has 0 aliphatic heterocycles. The van der Waals surface area contributed by atoms with E-state index in [2.05, 4.69) is 5.32 Å². The van der Waals surface area contributed by atoms with Crippen LogP contribution in [0.25, 0.3) is 0 Å². The van der Waals surface area contributed by atoms with Crippen LogP contribution >= 0.6 is 0 Å². The fourth-order valence-corrected chi connectivity index (χ4v) is 1.32. The third kappa shape index (κ3) is 3.94. The summed E-state index contributed by atoms with van der Waals surface area (Å²) in [5.41, 5.74) is 0.871. The van der Waals surface area contributed by atoms with Crippen molar-refractivity contribution in [3.05, 3.63) is 35.9 Å². The lowest BCUT2D eigenvalue weighted by molar-refractivity contribution is -0.132. The minimum atomic E-state index is -3.05. The van der Waals surface area contributed by atoms with Crippen LogP contribution in [0, 0.1) is 0 Å². The molecule has 0 aliphatic carbocycles. The van der Waals surface area contributed by atoms with Crippen molar-refractivity contribution in [2.75, 3.05) is 6.61 Å². The Bertz CT molecular complexity index is 330. The number of hydrogen-bond acceptors (Lipinski definition) is 2. The van der Waals surface area contributed by atoms with Crippen molar-refractivity contribution in [3.8, 4) is 0 Å². The largest absolute Gasteiger partial charge is 0.394 e. The quantitative estimate of drug-likeness (QED) is 0.790. The summed E-state index contributed by atoms with van der Waals surface area (Å²) in [5, 5.41) is 11.0. The van der Waals surface area contributed by atoms with Gasteiger partial charge in [0.2, 0.25) is 0 Å². The number of halogens is 2. The van der Waals surface area contributed by atoms with Crippen LogP contribution in [0.1, 0.15) is 5.56 Å². The molecule has 0 aliphatic rings. The normalized spacial score (nSPS) is 12.5. The molecular weight excluding hydrogens is 216 g/mol. The first-order valence-electron chi connectivity index (χ1n) is 4.86. The fourth-order valence-electron chi connectivity index (χ4n) is 1.32. The first-order chi connectivity index (χ1) is 7.63. The highest BCUT2D eigenvalue weighted by Gasteiger charge is 2.19. The Labute approximate surface area is 92.1 Å². The number of rotatable bonds is 5. The van der Waals surface area contributed by atoms with Gasteiger partial charge >= 0.3 is 6.43 Å². The van der Waals surface area contributed by atoms with E-state index in [9.17, 15) is 13.6 Å². The summed E-state index contributed by atoms with van der Waals surface area (Å²) < 4.78 is 23.9. The topological polar surface area (TPSA) is 49.3 Å². The van der Waals surface area contributed by atoms with Gasteiger partial charge in [-0.15, -0.1) is 0 Å². The molecule has 0 saturated carbocycles. The van der Waals surface area contributed by atoms with E-state index in [4.69, 9.17) is 5.11 Å². The third-order valence-corrected chi connectivity index (χ3v) is 2.09. The summed E-state index contributed by atoms with van der Waals surface area (Å²) >= 11 is 0. The van der Waals surface area contributed by atoms with Crippen LogP contribution in [-0.4, -0.2) is 30.1 Å². The molecule has 0 aromatic heterocycles. The Morgan fingerprint density at radius 2 is 1.94 bits per heavy atom. The molecule has 0 bridgehead atoms. The molecule has 2 N–H and O–H groups in total. The average Bonchev–Trinajstić information content (AvgIpc) is 2.29. The summed E-state index contributed by atoms with van der Waals surface area (Å²) in [6.07, 6.45) is -2.72. The lowest BCUT2D eigenvalue weighted by atomic mass is 10.1. The molecular formula is C11H13F2NO2. The molecule has 88 valence electrons. The van der Waals surface area contributed by atoms with Gasteiger partial charge in [0, 0.05) is 0 Å². The highest BCUT2D eigenvalue weighted by atomic mass is 19.3. The summed E-state index contributed by atoms with van der Waals surface area (Å²) in [4.78, 5) is 10.7. The molecule has 1 amide bonds. The fraction of sp³-hybridized carbons (Fsp3) is 0.364. The second-order valence-corrected chi connectivity index (χ2v) is 3.38. The number of aliphatic hydroxyl groups excluding tert-OH is 1. The van der Waals surface area contributed by atoms with Gasteiger partial charge < -0.3 is 10.4 Å². The van der Waals surface area contributed by atoms with Crippen LogP contribution in [0.3, 0.4) is 0 Å². The number of benzene rings is 1. The summed E-state index contributed by atoms with van der Waals surface area (Å²) in [7, 11) is 0.